The molecule has 8 aliphatic carbocycles. The quantitative estimate of drug-likeness (QED) is 0.120. The second-order valence-corrected chi connectivity index (χ2v) is 31.4. The Balaban J connectivity index is 0.000000402. The summed E-state index contributed by atoms with van der Waals surface area (Å²) < 4.78 is 0. The van der Waals surface area contributed by atoms with Gasteiger partial charge < -0.3 is 29.7 Å². The minimum atomic E-state index is -0.826. The Hall–Kier alpha value is -0.974. The molecule has 0 aliphatic heterocycles. The Bertz CT molecular complexity index is 2080. The van der Waals surface area contributed by atoms with Gasteiger partial charge in [-0.05, 0) is 174 Å². The molecule has 2 aromatic rings. The summed E-state index contributed by atoms with van der Waals surface area (Å²) in [5.74, 6) is 9.29. The summed E-state index contributed by atoms with van der Waals surface area (Å²) in [5.41, 5.74) is 6.29. The van der Waals surface area contributed by atoms with Gasteiger partial charge in [-0.25, -0.2) is 0 Å². The fraction of sp³-hybridized carbons (Fsp3) is 0.500. The molecule has 4 fully saturated rings. The molecule has 0 N–H and O–H groups in total. The first kappa shape index (κ1) is 67.3. The first-order chi connectivity index (χ1) is 33.8. The molecular formula is C68H94Cl4Zr2. The third-order valence-electron chi connectivity index (χ3n) is 18.2. The Kier molecular flexibility index (Phi) is 28.9. The van der Waals surface area contributed by atoms with E-state index in [1.807, 2.05) is 0 Å². The molecule has 74 heavy (non-hydrogen) atoms. The molecular weight excluding hydrogens is 1140 g/mol. The van der Waals surface area contributed by atoms with E-state index >= 15 is 0 Å². The molecule has 2 aromatic carbocycles. The van der Waals surface area contributed by atoms with Gasteiger partial charge in [0.1, 0.15) is 0 Å². The predicted octanol–water partition coefficient (Wildman–Crippen LogP) is 21.8. The summed E-state index contributed by atoms with van der Waals surface area (Å²) in [4.78, 5) is 0. The maximum atomic E-state index is 4.93. The standard InChI is InChI=1S/C44H56.C20H26.4CH3.4ClH.2Zr/c1-8-9-12-17-31-22-23-36(28-31)44(32-18-13-10-14-19-32,33-20-15-11-16-21-33)41-39-29-34(42(2,3)4)24-26-37(39)38-27-25-35(30-40(38)41)43(5,6)7;1-3-7-19-15(5-1)9-11-17(19)13-14-18-12-10-16-6-2-4-8-20(16)18;;;;;;;;;;/h8,10-11,13-16,18-21,24-27,29-31,36-41H,1,9,12,17,22-23,28H2,2-7H3;1-8,15-20H,9-14H2;4*1H3;4*1H;;/q;;4*-1;;;;;2*+4/p-4. The monoisotopic (exact) mass is 1230 g/mol. The van der Waals surface area contributed by atoms with E-state index in [2.05, 4.69) is 200 Å². The van der Waals surface area contributed by atoms with Gasteiger partial charge in [0.05, 0.1) is 0 Å². The number of unbranched alkanes of at least 4 members (excludes halogenated alkanes) is 1. The van der Waals surface area contributed by atoms with E-state index in [0.717, 1.165) is 47.8 Å². The molecule has 0 saturated heterocycles. The third-order valence-corrected chi connectivity index (χ3v) is 18.2. The van der Waals surface area contributed by atoms with Crippen molar-refractivity contribution in [3.05, 3.63) is 210 Å². The summed E-state index contributed by atoms with van der Waals surface area (Å²) >= 11 is -1.65. The molecule has 6 heteroatoms. The van der Waals surface area contributed by atoms with Crippen LogP contribution in [0.15, 0.2) is 170 Å². The average molecular weight is 1240 g/mol. The molecule has 0 nitrogen and oxygen atoms in total. The zero-order valence-electron chi connectivity index (χ0n) is 47.1. The van der Waals surface area contributed by atoms with Crippen LogP contribution in [0.2, 0.25) is 0 Å². The van der Waals surface area contributed by atoms with E-state index in [1.165, 1.54) is 92.9 Å². The molecule has 0 spiro atoms. The van der Waals surface area contributed by atoms with Crippen molar-refractivity contribution in [2.45, 2.75) is 124 Å². The summed E-state index contributed by atoms with van der Waals surface area (Å²) in [5, 5.41) is 0. The second kappa shape index (κ2) is 31.7. The zero-order valence-corrected chi connectivity index (χ0v) is 55.1. The number of rotatable bonds is 11. The van der Waals surface area contributed by atoms with Gasteiger partial charge in [0.25, 0.3) is 0 Å². The number of halogens is 4. The van der Waals surface area contributed by atoms with Gasteiger partial charge in [0.15, 0.2) is 0 Å². The van der Waals surface area contributed by atoms with Crippen LogP contribution in [-0.2, 0) is 47.1 Å². The molecule has 0 bridgehead atoms. The van der Waals surface area contributed by atoms with Crippen LogP contribution in [-0.4, -0.2) is 0 Å². The number of hydrogen-bond acceptors (Lipinski definition) is 0. The second-order valence-electron chi connectivity index (χ2n) is 23.9. The van der Waals surface area contributed by atoms with Crippen molar-refractivity contribution in [3.63, 3.8) is 0 Å². The van der Waals surface area contributed by atoms with Crippen molar-refractivity contribution in [1.82, 2.24) is 0 Å². The normalized spacial score (nSPS) is 30.2. The molecule has 12 unspecified atom stereocenters. The zero-order chi connectivity index (χ0) is 49.9. The Morgan fingerprint density at radius 3 is 1.34 bits per heavy atom. The molecule has 0 heterocycles. The van der Waals surface area contributed by atoms with Crippen molar-refractivity contribution in [2.75, 3.05) is 0 Å². The maximum absolute atomic E-state index is 4.93. The number of allylic oxidation sites excluding steroid dienone is 17. The predicted molar refractivity (Wildman–Crippen MR) is 324 cm³/mol. The summed E-state index contributed by atoms with van der Waals surface area (Å²) in [7, 11) is 19.7. The molecule has 10 rings (SSSR count). The SMILES string of the molecule is C1=CC2CCC(CCC3CCC4C=CC=CC43)C2C=C1.C=CCCCC1CCC(C(c2ccccc2)(c2ccccc2)C2C3C=C(C(C)(C)C)C=CC3C3C=CC(C(C)(C)C)=CC32)C1.[CH3-].[CH3-].[CH3-].[CH3-].[Cl][Zr+2][Cl].[Cl][Zr+2][Cl]. The molecule has 0 radical (unpaired) electrons. The van der Waals surface area contributed by atoms with E-state index in [-0.39, 0.29) is 46.0 Å². The van der Waals surface area contributed by atoms with E-state index in [1.54, 1.807) is 0 Å². The first-order valence-electron chi connectivity index (χ1n) is 26.9. The third kappa shape index (κ3) is 15.9. The van der Waals surface area contributed by atoms with Crippen LogP contribution in [0, 0.1) is 117 Å². The van der Waals surface area contributed by atoms with Crippen molar-refractivity contribution < 1.29 is 41.7 Å². The van der Waals surface area contributed by atoms with Crippen molar-refractivity contribution in [1.29, 1.82) is 0 Å². The Labute approximate surface area is 493 Å². The van der Waals surface area contributed by atoms with Gasteiger partial charge in [0, 0.05) is 5.41 Å². The van der Waals surface area contributed by atoms with Crippen LogP contribution in [0.3, 0.4) is 0 Å². The van der Waals surface area contributed by atoms with Crippen molar-refractivity contribution >= 4 is 34.1 Å². The van der Waals surface area contributed by atoms with Crippen LogP contribution in [0.4, 0.5) is 0 Å². The fourth-order valence-corrected chi connectivity index (χ4v) is 15.0. The summed E-state index contributed by atoms with van der Waals surface area (Å²) in [6.45, 7) is 18.4. The molecule has 0 aromatic heterocycles. The van der Waals surface area contributed by atoms with Crippen LogP contribution in [0.25, 0.3) is 0 Å². The van der Waals surface area contributed by atoms with Crippen molar-refractivity contribution in [2.24, 2.45) is 87.8 Å². The number of fused-ring (bicyclic) bond motifs is 5. The fourth-order valence-electron chi connectivity index (χ4n) is 15.0. The van der Waals surface area contributed by atoms with E-state index in [0.29, 0.717) is 35.5 Å². The van der Waals surface area contributed by atoms with Crippen LogP contribution < -0.4 is 0 Å². The van der Waals surface area contributed by atoms with Gasteiger partial charge in [0.2, 0.25) is 0 Å². The molecule has 12 atom stereocenters. The Morgan fingerprint density at radius 2 is 0.932 bits per heavy atom. The molecule has 402 valence electrons. The van der Waals surface area contributed by atoms with Crippen molar-refractivity contribution in [3.8, 4) is 0 Å². The van der Waals surface area contributed by atoms with Gasteiger partial charge in [-0.15, -0.1) is 6.58 Å². The number of benzene rings is 2. The van der Waals surface area contributed by atoms with Crippen LogP contribution >= 0.6 is 34.1 Å². The summed E-state index contributed by atoms with van der Waals surface area (Å²) in [6.07, 6.45) is 53.2. The molecule has 0 amide bonds. The van der Waals surface area contributed by atoms with Gasteiger partial charge in [-0.1, -0.05) is 206 Å². The van der Waals surface area contributed by atoms with E-state index in [4.69, 9.17) is 34.1 Å². The van der Waals surface area contributed by atoms with Gasteiger partial charge in [-0.2, -0.15) is 0 Å². The van der Waals surface area contributed by atoms with Crippen LogP contribution in [0.1, 0.15) is 130 Å². The summed E-state index contributed by atoms with van der Waals surface area (Å²) in [6, 6.07) is 23.6. The Morgan fingerprint density at radius 1 is 0.514 bits per heavy atom. The molecule has 8 aliphatic rings. The van der Waals surface area contributed by atoms with E-state index < -0.39 is 41.7 Å². The minimum absolute atomic E-state index is 0. The van der Waals surface area contributed by atoms with Gasteiger partial charge in [-0.3, -0.25) is 0 Å². The van der Waals surface area contributed by atoms with Gasteiger partial charge >= 0.3 is 75.7 Å². The number of hydrogen-bond donors (Lipinski definition) is 0. The topological polar surface area (TPSA) is 0 Å². The average Bonchev–Trinajstić information content (AvgIpc) is 4.17. The van der Waals surface area contributed by atoms with E-state index in [9.17, 15) is 0 Å². The molecule has 4 saturated carbocycles. The first-order valence-corrected chi connectivity index (χ1v) is 39.6. The van der Waals surface area contributed by atoms with Crippen LogP contribution in [0.5, 0.6) is 0 Å².